The fourth-order valence-electron chi connectivity index (χ4n) is 2.11. The van der Waals surface area contributed by atoms with Gasteiger partial charge < -0.3 is 5.11 Å². The lowest BCUT2D eigenvalue weighted by Crippen LogP contribution is -2.00. The lowest BCUT2D eigenvalue weighted by Gasteiger charge is -2.03. The van der Waals surface area contributed by atoms with Crippen LogP contribution in [-0.4, -0.2) is 5.11 Å². The summed E-state index contributed by atoms with van der Waals surface area (Å²) in [4.78, 5) is 12.3. The Morgan fingerprint density at radius 1 is 1.06 bits per heavy atom. The van der Waals surface area contributed by atoms with Crippen LogP contribution in [0.1, 0.15) is 12.5 Å². The maximum absolute atomic E-state index is 12.3. The summed E-state index contributed by atoms with van der Waals surface area (Å²) in [5.74, 6) is 0.198. The molecule has 0 saturated carbocycles. The summed E-state index contributed by atoms with van der Waals surface area (Å²) in [6.07, 6.45) is 0.953. The first-order chi connectivity index (χ1) is 8.69. The van der Waals surface area contributed by atoms with Crippen LogP contribution in [0.5, 0.6) is 5.75 Å². The normalized spacial score (nSPS) is 11.2. The van der Waals surface area contributed by atoms with Gasteiger partial charge in [0.2, 0.25) is 0 Å². The SMILES string of the molecule is CCc1ccc2c(=O)c3ccc(O)cc3sc2c1. The molecule has 3 heteroatoms. The van der Waals surface area contributed by atoms with E-state index in [0.29, 0.717) is 5.39 Å². The molecule has 2 nitrogen and oxygen atoms in total. The van der Waals surface area contributed by atoms with Gasteiger partial charge in [0, 0.05) is 20.2 Å². The van der Waals surface area contributed by atoms with Crippen molar-refractivity contribution in [2.45, 2.75) is 13.3 Å². The van der Waals surface area contributed by atoms with E-state index in [-0.39, 0.29) is 11.2 Å². The van der Waals surface area contributed by atoms with E-state index in [0.717, 1.165) is 21.2 Å². The van der Waals surface area contributed by atoms with Gasteiger partial charge in [0.25, 0.3) is 0 Å². The molecule has 0 atom stereocenters. The summed E-state index contributed by atoms with van der Waals surface area (Å²) in [5, 5.41) is 10.9. The monoisotopic (exact) mass is 256 g/mol. The van der Waals surface area contributed by atoms with Gasteiger partial charge in [0.1, 0.15) is 5.75 Å². The first-order valence-corrected chi connectivity index (χ1v) is 6.69. The standard InChI is InChI=1S/C15H12O2S/c1-2-9-3-5-11-13(7-9)18-14-8-10(16)4-6-12(14)15(11)17/h3-8,16H,2H2,1H3. The third-order valence-electron chi connectivity index (χ3n) is 3.13. The molecule has 3 aromatic rings. The fraction of sp³-hybridized carbons (Fsp3) is 0.133. The summed E-state index contributed by atoms with van der Waals surface area (Å²) in [6.45, 7) is 2.09. The molecule has 0 spiro atoms. The Morgan fingerprint density at radius 2 is 1.72 bits per heavy atom. The molecule has 0 unspecified atom stereocenters. The Morgan fingerprint density at radius 3 is 2.44 bits per heavy atom. The highest BCUT2D eigenvalue weighted by Gasteiger charge is 2.06. The average Bonchev–Trinajstić information content (AvgIpc) is 2.38. The minimum atomic E-state index is 0.0430. The molecule has 0 saturated heterocycles. The van der Waals surface area contributed by atoms with E-state index in [1.807, 2.05) is 12.1 Å². The van der Waals surface area contributed by atoms with Crippen molar-refractivity contribution in [3.8, 4) is 5.75 Å². The Bertz CT molecular complexity index is 803. The molecule has 0 aliphatic heterocycles. The van der Waals surface area contributed by atoms with Gasteiger partial charge in [0.05, 0.1) is 0 Å². The number of rotatable bonds is 1. The largest absolute Gasteiger partial charge is 0.508 e. The van der Waals surface area contributed by atoms with Gasteiger partial charge in [-0.1, -0.05) is 13.0 Å². The predicted octanol–water partition coefficient (Wildman–Crippen LogP) is 3.68. The second-order valence-corrected chi connectivity index (χ2v) is 5.38. The summed E-state index contributed by atoms with van der Waals surface area (Å²) >= 11 is 1.55. The molecular weight excluding hydrogens is 244 g/mol. The number of aromatic hydroxyl groups is 1. The molecule has 0 fully saturated rings. The zero-order valence-electron chi connectivity index (χ0n) is 9.93. The van der Waals surface area contributed by atoms with Crippen molar-refractivity contribution >= 4 is 31.5 Å². The maximum Gasteiger partial charge on any atom is 0.195 e. The van der Waals surface area contributed by atoms with Crippen molar-refractivity contribution < 1.29 is 5.11 Å². The molecule has 0 aliphatic carbocycles. The van der Waals surface area contributed by atoms with E-state index < -0.39 is 0 Å². The summed E-state index contributed by atoms with van der Waals surface area (Å²) < 4.78 is 1.82. The van der Waals surface area contributed by atoms with Gasteiger partial charge >= 0.3 is 0 Å². The van der Waals surface area contributed by atoms with Crippen molar-refractivity contribution in [1.29, 1.82) is 0 Å². The second-order valence-electron chi connectivity index (χ2n) is 4.30. The minimum Gasteiger partial charge on any atom is -0.508 e. The molecule has 1 aromatic heterocycles. The maximum atomic E-state index is 12.3. The molecule has 0 bridgehead atoms. The van der Waals surface area contributed by atoms with Crippen molar-refractivity contribution in [2.24, 2.45) is 0 Å². The quantitative estimate of drug-likeness (QED) is 0.674. The first kappa shape index (κ1) is 11.2. The lowest BCUT2D eigenvalue weighted by molar-refractivity contribution is 0.476. The molecule has 0 amide bonds. The number of aryl methyl sites for hydroxylation is 1. The zero-order valence-corrected chi connectivity index (χ0v) is 10.8. The van der Waals surface area contributed by atoms with E-state index in [1.54, 1.807) is 29.5 Å². The molecule has 3 rings (SSSR count). The van der Waals surface area contributed by atoms with Gasteiger partial charge in [-0.15, -0.1) is 11.3 Å². The highest BCUT2D eigenvalue weighted by atomic mass is 32.1. The third-order valence-corrected chi connectivity index (χ3v) is 4.24. The van der Waals surface area contributed by atoms with Crippen LogP contribution in [0, 0.1) is 0 Å². The van der Waals surface area contributed by atoms with Crippen LogP contribution in [0.4, 0.5) is 0 Å². The molecule has 1 heterocycles. The number of fused-ring (bicyclic) bond motifs is 2. The van der Waals surface area contributed by atoms with E-state index >= 15 is 0 Å². The molecule has 90 valence electrons. The van der Waals surface area contributed by atoms with Crippen molar-refractivity contribution in [3.63, 3.8) is 0 Å². The van der Waals surface area contributed by atoms with E-state index in [4.69, 9.17) is 0 Å². The van der Waals surface area contributed by atoms with Crippen LogP contribution in [0.3, 0.4) is 0 Å². The van der Waals surface area contributed by atoms with Crippen molar-refractivity contribution in [3.05, 3.63) is 52.2 Å². The number of phenolic OH excluding ortho intramolecular Hbond substituents is 1. The highest BCUT2D eigenvalue weighted by molar-refractivity contribution is 7.24. The summed E-state index contributed by atoms with van der Waals surface area (Å²) in [7, 11) is 0. The summed E-state index contributed by atoms with van der Waals surface area (Å²) in [5.41, 5.74) is 1.26. The van der Waals surface area contributed by atoms with E-state index in [9.17, 15) is 9.90 Å². The summed E-state index contributed by atoms with van der Waals surface area (Å²) in [6, 6.07) is 10.9. The Kier molecular flexibility index (Phi) is 2.56. The van der Waals surface area contributed by atoms with Crippen molar-refractivity contribution in [2.75, 3.05) is 0 Å². The van der Waals surface area contributed by atoms with E-state index in [2.05, 4.69) is 13.0 Å². The highest BCUT2D eigenvalue weighted by Crippen LogP contribution is 2.27. The molecule has 0 aliphatic rings. The zero-order chi connectivity index (χ0) is 12.7. The molecule has 2 aromatic carbocycles. The molecule has 1 N–H and O–H groups in total. The Hall–Kier alpha value is -1.87. The van der Waals surface area contributed by atoms with Gasteiger partial charge in [0.15, 0.2) is 5.43 Å². The Balaban J connectivity index is 2.48. The first-order valence-electron chi connectivity index (χ1n) is 5.87. The Labute approximate surface area is 108 Å². The number of phenols is 1. The lowest BCUT2D eigenvalue weighted by atomic mass is 10.1. The molecule has 0 radical (unpaired) electrons. The van der Waals surface area contributed by atoms with E-state index in [1.165, 1.54) is 5.56 Å². The average molecular weight is 256 g/mol. The number of hydrogen-bond acceptors (Lipinski definition) is 3. The van der Waals surface area contributed by atoms with Crippen LogP contribution in [0.2, 0.25) is 0 Å². The third kappa shape index (κ3) is 1.68. The van der Waals surface area contributed by atoms with Crippen LogP contribution >= 0.6 is 11.3 Å². The topological polar surface area (TPSA) is 37.3 Å². The number of hydrogen-bond donors (Lipinski definition) is 1. The van der Waals surface area contributed by atoms with Crippen LogP contribution in [0.15, 0.2) is 41.2 Å². The molecule has 18 heavy (non-hydrogen) atoms. The van der Waals surface area contributed by atoms with Crippen LogP contribution < -0.4 is 5.43 Å². The van der Waals surface area contributed by atoms with Crippen LogP contribution in [-0.2, 0) is 6.42 Å². The van der Waals surface area contributed by atoms with Crippen LogP contribution in [0.25, 0.3) is 20.2 Å². The smallest absolute Gasteiger partial charge is 0.195 e. The van der Waals surface area contributed by atoms with Crippen molar-refractivity contribution in [1.82, 2.24) is 0 Å². The predicted molar refractivity (Wildman–Crippen MR) is 76.6 cm³/mol. The van der Waals surface area contributed by atoms with Gasteiger partial charge in [-0.3, -0.25) is 4.79 Å². The molecular formula is C15H12O2S. The van der Waals surface area contributed by atoms with Gasteiger partial charge in [-0.2, -0.15) is 0 Å². The second kappa shape index (κ2) is 4.10. The number of benzene rings is 2. The fourth-order valence-corrected chi connectivity index (χ4v) is 3.27. The van der Waals surface area contributed by atoms with Gasteiger partial charge in [-0.25, -0.2) is 0 Å². The van der Waals surface area contributed by atoms with Gasteiger partial charge in [-0.05, 0) is 42.3 Å². The minimum absolute atomic E-state index is 0.0430.